The number of carbonyl (C=O) groups excluding carboxylic acids is 1. The molecular formula is C29H22BrF7N4O2. The number of nitrogens with two attached hydrogens (primary N) is 1. The van der Waals surface area contributed by atoms with Crippen LogP contribution < -0.4 is 5.73 Å². The molecule has 3 aliphatic rings. The van der Waals surface area contributed by atoms with E-state index in [2.05, 4.69) is 37.9 Å². The SMILES string of the molecule is NC(=O)C([C@H](Cc1cc(F)cc(F)c1)c1nc(C#CC2(O)CCC2)ccc1Br)n1nc(C(F)(F)F)c2c1C(F)(F)[C@@H]1C[C@H]21. The molecule has 0 saturated heterocycles. The molecule has 6 nitrogen and oxygen atoms in total. The first-order chi connectivity index (χ1) is 20.1. The van der Waals surface area contributed by atoms with Crippen molar-refractivity contribution >= 4 is 21.8 Å². The molecule has 0 radical (unpaired) electrons. The van der Waals surface area contributed by atoms with Gasteiger partial charge in [-0.1, -0.05) is 5.92 Å². The van der Waals surface area contributed by atoms with Gasteiger partial charge in [0.2, 0.25) is 5.91 Å². The van der Waals surface area contributed by atoms with Gasteiger partial charge in [0.05, 0.1) is 5.69 Å². The molecular weight excluding hydrogens is 649 g/mol. The maximum atomic E-state index is 15.5. The van der Waals surface area contributed by atoms with Crippen LogP contribution in [-0.2, 0) is 23.3 Å². The number of primary amides is 1. The molecule has 2 fully saturated rings. The molecule has 6 rings (SSSR count). The van der Waals surface area contributed by atoms with Crippen LogP contribution in [0.15, 0.2) is 34.8 Å². The minimum Gasteiger partial charge on any atom is -0.378 e. The van der Waals surface area contributed by atoms with Crippen LogP contribution >= 0.6 is 15.9 Å². The van der Waals surface area contributed by atoms with Crippen molar-refractivity contribution in [2.75, 3.05) is 0 Å². The standard InChI is InChI=1S/C29H22BrF7N4O2/c30-20-3-2-16(4-7-27(43)5-1-6-27)39-22(20)18(10-13-8-14(31)11-15(32)9-13)23(26(38)42)41-25-21(24(40-41)29(35,36)37)17-12-19(17)28(25,33)34/h2-3,8-9,11,17-19,23,43H,1,5-6,10,12H2,(H2,38,42)/t17-,18+,19+,23?/m0/s1. The molecule has 43 heavy (non-hydrogen) atoms. The van der Waals surface area contributed by atoms with Gasteiger partial charge in [0.15, 0.2) is 5.69 Å². The smallest absolute Gasteiger partial charge is 0.378 e. The Bertz CT molecular complexity index is 1690. The van der Waals surface area contributed by atoms with Crippen LogP contribution in [0.1, 0.15) is 77.5 Å². The lowest BCUT2D eigenvalue weighted by Crippen LogP contribution is -2.37. The number of benzene rings is 1. The van der Waals surface area contributed by atoms with Gasteiger partial charge in [-0.05, 0) is 89.7 Å². The highest BCUT2D eigenvalue weighted by atomic mass is 79.9. The molecule has 1 unspecified atom stereocenters. The van der Waals surface area contributed by atoms with Gasteiger partial charge in [-0.2, -0.15) is 27.1 Å². The predicted octanol–water partition coefficient (Wildman–Crippen LogP) is 5.87. The number of fused-ring (bicyclic) bond motifs is 3. The van der Waals surface area contributed by atoms with Gasteiger partial charge in [0.25, 0.3) is 5.92 Å². The first-order valence-electron chi connectivity index (χ1n) is 13.3. The average molecular weight is 671 g/mol. The Hall–Kier alpha value is -3.44. The minimum atomic E-state index is -5.11. The Morgan fingerprint density at radius 2 is 1.86 bits per heavy atom. The Morgan fingerprint density at radius 1 is 1.19 bits per heavy atom. The third kappa shape index (κ3) is 5.20. The Labute approximate surface area is 248 Å². The highest BCUT2D eigenvalue weighted by Gasteiger charge is 2.69. The van der Waals surface area contributed by atoms with E-state index in [4.69, 9.17) is 5.73 Å². The second kappa shape index (κ2) is 10.1. The molecule has 1 amide bonds. The molecule has 3 aromatic rings. The van der Waals surface area contributed by atoms with Crippen LogP contribution in [0, 0.1) is 29.4 Å². The molecule has 0 bridgehead atoms. The normalized spacial score (nSPS) is 22.4. The molecule has 1 aromatic carbocycles. The van der Waals surface area contributed by atoms with E-state index in [9.17, 15) is 31.9 Å². The van der Waals surface area contributed by atoms with Crippen molar-refractivity contribution in [3.63, 3.8) is 0 Å². The zero-order valence-electron chi connectivity index (χ0n) is 22.0. The Balaban J connectivity index is 1.54. The summed E-state index contributed by atoms with van der Waals surface area (Å²) in [5.74, 6) is -5.47. The van der Waals surface area contributed by atoms with Gasteiger partial charge in [-0.3, -0.25) is 4.79 Å². The lowest BCUT2D eigenvalue weighted by Gasteiger charge is -2.30. The van der Waals surface area contributed by atoms with Crippen molar-refractivity contribution in [1.82, 2.24) is 14.8 Å². The number of pyridine rings is 1. The van der Waals surface area contributed by atoms with E-state index in [1.807, 2.05) is 0 Å². The summed E-state index contributed by atoms with van der Waals surface area (Å²) in [6, 6.07) is 3.43. The summed E-state index contributed by atoms with van der Waals surface area (Å²) in [5.41, 5.74) is 1.24. The Morgan fingerprint density at radius 3 is 2.44 bits per heavy atom. The molecule has 0 aliphatic heterocycles. The maximum Gasteiger partial charge on any atom is 0.435 e. The lowest BCUT2D eigenvalue weighted by molar-refractivity contribution is -0.142. The fourth-order valence-corrected chi connectivity index (χ4v) is 6.58. The molecule has 2 heterocycles. The van der Waals surface area contributed by atoms with Gasteiger partial charge in [0.1, 0.15) is 34.7 Å². The first kappa shape index (κ1) is 29.6. The van der Waals surface area contributed by atoms with E-state index in [0.717, 1.165) is 18.6 Å². The number of hydrogen-bond donors (Lipinski definition) is 2. The number of halogens is 8. The van der Waals surface area contributed by atoms with Gasteiger partial charge in [-0.25, -0.2) is 18.4 Å². The van der Waals surface area contributed by atoms with Crippen LogP contribution in [0.3, 0.4) is 0 Å². The van der Waals surface area contributed by atoms with Crippen molar-refractivity contribution in [2.24, 2.45) is 11.7 Å². The van der Waals surface area contributed by atoms with Gasteiger partial charge in [-0.15, -0.1) is 0 Å². The second-order valence-electron chi connectivity index (χ2n) is 11.3. The zero-order valence-corrected chi connectivity index (χ0v) is 23.6. The van der Waals surface area contributed by atoms with Crippen molar-refractivity contribution in [1.29, 1.82) is 0 Å². The third-order valence-electron chi connectivity index (χ3n) is 8.30. The number of aliphatic hydroxyl groups is 1. The summed E-state index contributed by atoms with van der Waals surface area (Å²) < 4.78 is 102. The average Bonchev–Trinajstić information content (AvgIpc) is 3.53. The van der Waals surface area contributed by atoms with Gasteiger partial charge >= 0.3 is 6.18 Å². The van der Waals surface area contributed by atoms with E-state index >= 15 is 8.78 Å². The van der Waals surface area contributed by atoms with Crippen LogP contribution in [0.4, 0.5) is 30.7 Å². The summed E-state index contributed by atoms with van der Waals surface area (Å²) in [4.78, 5) is 17.5. The molecule has 2 aromatic heterocycles. The van der Waals surface area contributed by atoms with E-state index in [0.29, 0.717) is 23.6 Å². The number of hydrogen-bond acceptors (Lipinski definition) is 4. The van der Waals surface area contributed by atoms with E-state index in [-0.39, 0.29) is 27.8 Å². The van der Waals surface area contributed by atoms with Crippen LogP contribution in [0.25, 0.3) is 0 Å². The molecule has 226 valence electrons. The van der Waals surface area contributed by atoms with E-state index in [1.165, 1.54) is 12.1 Å². The number of alkyl halides is 5. The summed E-state index contributed by atoms with van der Waals surface area (Å²) in [5, 5.41) is 13.9. The molecule has 3 aliphatic carbocycles. The third-order valence-corrected chi connectivity index (χ3v) is 8.97. The summed E-state index contributed by atoms with van der Waals surface area (Å²) in [6.45, 7) is 0. The van der Waals surface area contributed by atoms with Crippen molar-refractivity contribution in [3.8, 4) is 11.8 Å². The number of nitrogens with zero attached hydrogens (tertiary/aromatic N) is 3. The molecule has 4 atom stereocenters. The van der Waals surface area contributed by atoms with Gasteiger partial charge < -0.3 is 10.8 Å². The number of aromatic nitrogens is 3. The minimum absolute atomic E-state index is 0.0443. The molecule has 0 spiro atoms. The highest BCUT2D eigenvalue weighted by Crippen LogP contribution is 2.69. The largest absolute Gasteiger partial charge is 0.435 e. The lowest BCUT2D eigenvalue weighted by atomic mass is 9.81. The van der Waals surface area contributed by atoms with Crippen LogP contribution in [-0.4, -0.2) is 31.4 Å². The fraction of sp³-hybridized carbons (Fsp3) is 0.414. The van der Waals surface area contributed by atoms with Crippen LogP contribution in [0.2, 0.25) is 0 Å². The van der Waals surface area contributed by atoms with Gasteiger partial charge in [0, 0.05) is 27.9 Å². The number of carbonyl (C=O) groups is 1. The second-order valence-corrected chi connectivity index (χ2v) is 12.1. The molecule has 3 N–H and O–H groups in total. The summed E-state index contributed by atoms with van der Waals surface area (Å²) >= 11 is 3.30. The number of amides is 1. The van der Waals surface area contributed by atoms with Crippen molar-refractivity contribution in [3.05, 3.63) is 80.3 Å². The number of rotatable bonds is 6. The topological polar surface area (TPSA) is 94.0 Å². The van der Waals surface area contributed by atoms with Crippen molar-refractivity contribution < 1.29 is 40.6 Å². The summed E-state index contributed by atoms with van der Waals surface area (Å²) in [6.07, 6.45) is -4.06. The van der Waals surface area contributed by atoms with E-state index < -0.39 is 82.4 Å². The molecule has 2 saturated carbocycles. The quantitative estimate of drug-likeness (QED) is 0.254. The molecule has 14 heteroatoms. The predicted molar refractivity (Wildman–Crippen MR) is 141 cm³/mol. The fourth-order valence-electron chi connectivity index (χ4n) is 6.07. The summed E-state index contributed by atoms with van der Waals surface area (Å²) in [7, 11) is 0. The van der Waals surface area contributed by atoms with E-state index in [1.54, 1.807) is 0 Å². The highest BCUT2D eigenvalue weighted by molar-refractivity contribution is 9.10. The zero-order chi connectivity index (χ0) is 31.1. The van der Waals surface area contributed by atoms with Crippen LogP contribution in [0.5, 0.6) is 0 Å². The Kier molecular flexibility index (Phi) is 6.93. The first-order valence-corrected chi connectivity index (χ1v) is 14.1. The maximum absolute atomic E-state index is 15.5. The monoisotopic (exact) mass is 670 g/mol. The van der Waals surface area contributed by atoms with Crippen molar-refractivity contribution in [2.45, 2.75) is 67.7 Å².